The fourth-order valence-electron chi connectivity index (χ4n) is 4.31. The molecular formula is C32H41N3O4S. The Morgan fingerprint density at radius 2 is 1.40 bits per heavy atom. The zero-order valence-electron chi connectivity index (χ0n) is 24.1. The molecule has 8 heteroatoms. The van der Waals surface area contributed by atoms with Crippen molar-refractivity contribution in [1.82, 2.24) is 10.2 Å². The van der Waals surface area contributed by atoms with Gasteiger partial charge in [-0.15, -0.1) is 0 Å². The van der Waals surface area contributed by atoms with Gasteiger partial charge in [0.05, 0.1) is 10.6 Å². The maximum absolute atomic E-state index is 13.9. The van der Waals surface area contributed by atoms with Crippen LogP contribution in [0, 0.1) is 0 Å². The molecule has 0 aliphatic rings. The van der Waals surface area contributed by atoms with E-state index >= 15 is 0 Å². The van der Waals surface area contributed by atoms with Crippen molar-refractivity contribution in [2.24, 2.45) is 0 Å². The number of carbonyl (C=O) groups is 2. The summed E-state index contributed by atoms with van der Waals surface area (Å²) in [5, 5.41) is 2.96. The number of amides is 2. The van der Waals surface area contributed by atoms with E-state index in [0.29, 0.717) is 12.1 Å². The number of anilines is 1. The average molecular weight is 564 g/mol. The lowest BCUT2D eigenvalue weighted by Gasteiger charge is -2.32. The minimum atomic E-state index is -4.07. The van der Waals surface area contributed by atoms with Gasteiger partial charge < -0.3 is 10.2 Å². The second-order valence-electron chi connectivity index (χ2n) is 10.4. The molecule has 0 aromatic heterocycles. The van der Waals surface area contributed by atoms with Gasteiger partial charge in [0.15, 0.2) is 0 Å². The van der Waals surface area contributed by atoms with Crippen LogP contribution >= 0.6 is 0 Å². The minimum Gasteiger partial charge on any atom is -0.352 e. The quantitative estimate of drug-likeness (QED) is 0.303. The van der Waals surface area contributed by atoms with Crippen LogP contribution in [-0.4, -0.2) is 50.3 Å². The van der Waals surface area contributed by atoms with Crippen LogP contribution in [0.25, 0.3) is 0 Å². The van der Waals surface area contributed by atoms with Crippen LogP contribution < -0.4 is 9.62 Å². The Morgan fingerprint density at radius 3 is 1.95 bits per heavy atom. The van der Waals surface area contributed by atoms with Crippen molar-refractivity contribution in [3.8, 4) is 0 Å². The molecule has 0 bridgehead atoms. The van der Waals surface area contributed by atoms with Crippen molar-refractivity contribution in [3.05, 3.63) is 96.1 Å². The third-order valence-electron chi connectivity index (χ3n) is 7.11. The Labute approximate surface area is 239 Å². The van der Waals surface area contributed by atoms with Gasteiger partial charge in [0.2, 0.25) is 11.8 Å². The zero-order chi connectivity index (χ0) is 29.3. The summed E-state index contributed by atoms with van der Waals surface area (Å²) in [7, 11) is -4.07. The SMILES string of the molecule is CC[C@@H](C)NC(=O)[C@H](C)N(CCc1ccccc1)C(=O)CN(c1ccc(C(C)C)cc1)S(=O)(=O)c1ccccc1. The summed E-state index contributed by atoms with van der Waals surface area (Å²) in [5.41, 5.74) is 2.47. The molecule has 0 saturated carbocycles. The second kappa shape index (κ2) is 14.1. The van der Waals surface area contributed by atoms with Gasteiger partial charge in [-0.25, -0.2) is 8.42 Å². The molecule has 2 amide bonds. The molecule has 0 saturated heterocycles. The highest BCUT2D eigenvalue weighted by molar-refractivity contribution is 7.92. The van der Waals surface area contributed by atoms with E-state index in [2.05, 4.69) is 19.2 Å². The van der Waals surface area contributed by atoms with E-state index in [9.17, 15) is 18.0 Å². The number of nitrogens with zero attached hydrogens (tertiary/aromatic N) is 2. The number of benzene rings is 3. The molecule has 3 aromatic rings. The number of nitrogens with one attached hydrogen (secondary N) is 1. The van der Waals surface area contributed by atoms with E-state index in [1.165, 1.54) is 17.0 Å². The van der Waals surface area contributed by atoms with Gasteiger partial charge in [0.1, 0.15) is 12.6 Å². The summed E-state index contributed by atoms with van der Waals surface area (Å²) in [6.45, 7) is 9.53. The summed E-state index contributed by atoms with van der Waals surface area (Å²) in [4.78, 5) is 28.6. The Morgan fingerprint density at radius 1 is 0.825 bits per heavy atom. The Kier molecular flexibility index (Phi) is 10.9. The van der Waals surface area contributed by atoms with Crippen LogP contribution in [0.15, 0.2) is 89.8 Å². The molecule has 40 heavy (non-hydrogen) atoms. The van der Waals surface area contributed by atoms with E-state index in [0.717, 1.165) is 21.9 Å². The van der Waals surface area contributed by atoms with E-state index < -0.39 is 28.5 Å². The number of hydrogen-bond donors (Lipinski definition) is 1. The molecule has 2 atom stereocenters. The predicted molar refractivity (Wildman–Crippen MR) is 161 cm³/mol. The van der Waals surface area contributed by atoms with Crippen molar-refractivity contribution in [2.45, 2.75) is 70.4 Å². The molecule has 0 fully saturated rings. The van der Waals surface area contributed by atoms with Gasteiger partial charge in [-0.3, -0.25) is 13.9 Å². The molecular weight excluding hydrogens is 522 g/mol. The van der Waals surface area contributed by atoms with Crippen LogP contribution in [0.2, 0.25) is 0 Å². The molecule has 214 valence electrons. The largest absolute Gasteiger partial charge is 0.352 e. The Bertz CT molecular complexity index is 1340. The zero-order valence-corrected chi connectivity index (χ0v) is 24.9. The number of carbonyl (C=O) groups excluding carboxylic acids is 2. The molecule has 0 spiro atoms. The number of hydrogen-bond acceptors (Lipinski definition) is 4. The monoisotopic (exact) mass is 563 g/mol. The summed E-state index contributed by atoms with van der Waals surface area (Å²) < 4.78 is 28.8. The first kappa shape index (κ1) is 30.9. The third kappa shape index (κ3) is 7.94. The van der Waals surface area contributed by atoms with Crippen molar-refractivity contribution in [3.63, 3.8) is 0 Å². The van der Waals surface area contributed by atoms with Gasteiger partial charge in [-0.2, -0.15) is 0 Å². The summed E-state index contributed by atoms with van der Waals surface area (Å²) in [6, 6.07) is 24.2. The van der Waals surface area contributed by atoms with Gasteiger partial charge in [0.25, 0.3) is 10.0 Å². The Balaban J connectivity index is 1.97. The van der Waals surface area contributed by atoms with Crippen LogP contribution in [0.4, 0.5) is 5.69 Å². The fraction of sp³-hybridized carbons (Fsp3) is 0.375. The topological polar surface area (TPSA) is 86.8 Å². The highest BCUT2D eigenvalue weighted by Gasteiger charge is 2.32. The molecule has 0 radical (unpaired) electrons. The smallest absolute Gasteiger partial charge is 0.264 e. The van der Waals surface area contributed by atoms with Crippen LogP contribution in [0.5, 0.6) is 0 Å². The second-order valence-corrected chi connectivity index (χ2v) is 12.2. The normalized spacial score (nSPS) is 12.9. The first-order chi connectivity index (χ1) is 19.0. The molecule has 0 aliphatic heterocycles. The molecule has 7 nitrogen and oxygen atoms in total. The first-order valence-corrected chi connectivity index (χ1v) is 15.3. The highest BCUT2D eigenvalue weighted by Crippen LogP contribution is 2.26. The lowest BCUT2D eigenvalue weighted by molar-refractivity contribution is -0.139. The van der Waals surface area contributed by atoms with E-state index in [1.807, 2.05) is 56.3 Å². The van der Waals surface area contributed by atoms with Gasteiger partial charge >= 0.3 is 0 Å². The van der Waals surface area contributed by atoms with Crippen LogP contribution in [-0.2, 0) is 26.0 Å². The van der Waals surface area contributed by atoms with Crippen molar-refractivity contribution < 1.29 is 18.0 Å². The highest BCUT2D eigenvalue weighted by atomic mass is 32.2. The number of rotatable bonds is 13. The number of sulfonamides is 1. The maximum atomic E-state index is 13.9. The molecule has 3 aromatic carbocycles. The minimum absolute atomic E-state index is 0.0459. The van der Waals surface area contributed by atoms with Gasteiger partial charge in [-0.1, -0.05) is 81.4 Å². The van der Waals surface area contributed by atoms with Crippen molar-refractivity contribution in [1.29, 1.82) is 0 Å². The molecule has 1 N–H and O–H groups in total. The summed E-state index contributed by atoms with van der Waals surface area (Å²) in [6.07, 6.45) is 1.29. The molecule has 0 aliphatic carbocycles. The molecule has 3 rings (SSSR count). The third-order valence-corrected chi connectivity index (χ3v) is 8.90. The lowest BCUT2D eigenvalue weighted by atomic mass is 10.0. The lowest BCUT2D eigenvalue weighted by Crippen LogP contribution is -2.53. The predicted octanol–water partition coefficient (Wildman–Crippen LogP) is 5.38. The average Bonchev–Trinajstić information content (AvgIpc) is 2.96. The first-order valence-electron chi connectivity index (χ1n) is 13.9. The standard InChI is InChI=1S/C32H41N3O4S/c1-6-25(4)33-32(37)26(5)34(22-21-27-13-9-7-10-14-27)31(36)23-35(29-19-17-28(18-20-29)24(2)3)40(38,39)30-15-11-8-12-16-30/h7-20,24-26H,6,21-23H2,1-5H3,(H,33,37)/t25-,26+/m1/s1. The molecule has 0 unspecified atom stereocenters. The maximum Gasteiger partial charge on any atom is 0.264 e. The van der Waals surface area contributed by atoms with E-state index in [4.69, 9.17) is 0 Å². The van der Waals surface area contributed by atoms with Crippen molar-refractivity contribution in [2.75, 3.05) is 17.4 Å². The summed E-state index contributed by atoms with van der Waals surface area (Å²) in [5.74, 6) is -0.446. The van der Waals surface area contributed by atoms with Crippen LogP contribution in [0.3, 0.4) is 0 Å². The molecule has 0 heterocycles. The van der Waals surface area contributed by atoms with E-state index in [-0.39, 0.29) is 29.3 Å². The van der Waals surface area contributed by atoms with Crippen molar-refractivity contribution >= 4 is 27.5 Å². The van der Waals surface area contributed by atoms with E-state index in [1.54, 1.807) is 37.3 Å². The Hall–Kier alpha value is -3.65. The fourth-order valence-corrected chi connectivity index (χ4v) is 5.74. The van der Waals surface area contributed by atoms with Gasteiger partial charge in [0, 0.05) is 12.6 Å². The van der Waals surface area contributed by atoms with Gasteiger partial charge in [-0.05, 0) is 68.0 Å². The van der Waals surface area contributed by atoms with Crippen LogP contribution in [0.1, 0.15) is 58.1 Å². The summed E-state index contributed by atoms with van der Waals surface area (Å²) >= 11 is 0.